The highest BCUT2D eigenvalue weighted by Crippen LogP contribution is 2.30. The number of carbonyl (C=O) groups is 1. The third kappa shape index (κ3) is 5.08. The van der Waals surface area contributed by atoms with E-state index in [4.69, 9.17) is 8.85 Å². The number of rotatable bonds is 6. The lowest BCUT2D eigenvalue weighted by molar-refractivity contribution is 0.0900. The molecule has 5 rings (SSSR count). The minimum absolute atomic E-state index is 0.0264. The number of nitrogens with zero attached hydrogens (tertiary/aromatic N) is 2. The normalized spacial score (nSPS) is 20.3. The van der Waals surface area contributed by atoms with Gasteiger partial charge in [0.2, 0.25) is 0 Å². The Hall–Kier alpha value is -3.64. The summed E-state index contributed by atoms with van der Waals surface area (Å²) in [5.74, 6) is 0.576. The third-order valence-corrected chi connectivity index (χ3v) is 6.48. The Balaban J connectivity index is 1.40. The summed E-state index contributed by atoms with van der Waals surface area (Å²) < 4.78 is 29.4. The molecule has 1 amide bonds. The Morgan fingerprint density at radius 3 is 2.69 bits per heavy atom. The van der Waals surface area contributed by atoms with Crippen LogP contribution >= 0.6 is 0 Å². The molecule has 4 aromatic rings. The maximum atomic E-state index is 13.5. The fraction of sp³-hybridized carbons (Fsp3) is 0.310. The molecule has 0 spiro atoms. The molecule has 1 aliphatic rings. The fourth-order valence-corrected chi connectivity index (χ4v) is 4.79. The number of likely N-dealkylation sites (N-methyl/N-ethyl adjacent to an activating group) is 1. The quantitative estimate of drug-likeness (QED) is 0.404. The van der Waals surface area contributed by atoms with Gasteiger partial charge in [-0.05, 0) is 81.8 Å². The number of aromatic nitrogens is 2. The van der Waals surface area contributed by atoms with Crippen molar-refractivity contribution in [1.82, 2.24) is 20.4 Å². The van der Waals surface area contributed by atoms with Gasteiger partial charge in [0.15, 0.2) is 0 Å². The van der Waals surface area contributed by atoms with E-state index in [0.717, 1.165) is 33.5 Å². The summed E-state index contributed by atoms with van der Waals surface area (Å²) in [5.41, 5.74) is 4.08. The van der Waals surface area contributed by atoms with Crippen LogP contribution in [0.3, 0.4) is 0 Å². The van der Waals surface area contributed by atoms with Crippen molar-refractivity contribution in [2.45, 2.75) is 38.3 Å². The molecule has 0 saturated carbocycles. The smallest absolute Gasteiger partial charge is 0.251 e. The number of benzene rings is 3. The topological polar surface area (TPSA) is 70.2 Å². The van der Waals surface area contributed by atoms with E-state index in [1.54, 1.807) is 6.07 Å². The van der Waals surface area contributed by atoms with E-state index in [-0.39, 0.29) is 30.5 Å². The zero-order chi connectivity index (χ0) is 26.9. The molecule has 2 N–H and O–H groups in total. The van der Waals surface area contributed by atoms with Gasteiger partial charge in [-0.25, -0.2) is 0 Å². The average molecular weight is 472 g/mol. The van der Waals surface area contributed by atoms with Crippen molar-refractivity contribution < 1.29 is 13.6 Å². The Bertz CT molecular complexity index is 1400. The van der Waals surface area contributed by atoms with Crippen LogP contribution < -0.4 is 10.1 Å². The molecule has 0 radical (unpaired) electrons. The summed E-state index contributed by atoms with van der Waals surface area (Å²) in [6.07, 6.45) is 0.736. The first-order chi connectivity index (χ1) is 18.2. The predicted octanol–water partition coefficient (Wildman–Crippen LogP) is 5.23. The number of nitrogens with one attached hydrogen (secondary N) is 2. The number of piperidine rings is 1. The first-order valence-corrected chi connectivity index (χ1v) is 12.0. The molecule has 0 bridgehead atoms. The van der Waals surface area contributed by atoms with Crippen LogP contribution in [-0.2, 0) is 0 Å². The van der Waals surface area contributed by atoms with Crippen molar-refractivity contribution in [2.24, 2.45) is 0 Å². The standard InChI is InChI=1S/C29H32N4O2/c1-19(2)35-23-12-9-21(10-13-23)28-25-17-22(11-14-26(25)31-32-28)29(34)30-27-18-33(3)16-15-24(27)20-7-5-4-6-8-20/h4-14,17,19,24,27H,15-16,18H2,1-3H3,(H,30,34)(H,31,32)/t24?,27-/m1/s1/i3D3. The molecular formula is C29H32N4O2. The first kappa shape index (κ1) is 19.6. The second-order valence-corrected chi connectivity index (χ2v) is 9.36. The highest BCUT2D eigenvalue weighted by atomic mass is 16.5. The monoisotopic (exact) mass is 471 g/mol. The van der Waals surface area contributed by atoms with Gasteiger partial charge >= 0.3 is 0 Å². The molecule has 35 heavy (non-hydrogen) atoms. The van der Waals surface area contributed by atoms with E-state index in [1.807, 2.05) is 80.6 Å². The zero-order valence-corrected chi connectivity index (χ0v) is 20.0. The highest BCUT2D eigenvalue weighted by molar-refractivity contribution is 6.01. The second-order valence-electron chi connectivity index (χ2n) is 9.36. The number of ether oxygens (including phenoxy) is 1. The number of hydrogen-bond acceptors (Lipinski definition) is 4. The van der Waals surface area contributed by atoms with E-state index < -0.39 is 6.98 Å². The summed E-state index contributed by atoms with van der Waals surface area (Å²) in [7, 11) is 0. The van der Waals surface area contributed by atoms with Gasteiger partial charge in [-0.3, -0.25) is 9.89 Å². The Morgan fingerprint density at radius 1 is 1.14 bits per heavy atom. The SMILES string of the molecule is [2H]C([2H])([2H])N1CCC(c2ccccc2)[C@H](NC(=O)c2ccc3[nH]nc(-c4ccc(OC(C)C)cc4)c3c2)C1. The molecule has 1 aliphatic heterocycles. The Labute approximate surface area is 210 Å². The molecule has 0 aliphatic carbocycles. The highest BCUT2D eigenvalue weighted by Gasteiger charge is 2.30. The molecule has 2 atom stereocenters. The molecule has 1 aromatic heterocycles. The van der Waals surface area contributed by atoms with Crippen molar-refractivity contribution in [3.05, 3.63) is 83.9 Å². The van der Waals surface area contributed by atoms with Gasteiger partial charge in [-0.15, -0.1) is 0 Å². The molecule has 180 valence electrons. The lowest BCUT2D eigenvalue weighted by atomic mass is 9.85. The number of carbonyl (C=O) groups excluding carboxylic acids is 1. The average Bonchev–Trinajstić information content (AvgIpc) is 3.32. The number of aromatic amines is 1. The summed E-state index contributed by atoms with van der Waals surface area (Å²) in [6.45, 7) is 2.47. The Kier molecular flexibility index (Phi) is 5.57. The molecular weight excluding hydrogens is 436 g/mol. The van der Waals surface area contributed by atoms with Crippen LogP contribution in [0.5, 0.6) is 5.75 Å². The third-order valence-electron chi connectivity index (χ3n) is 6.48. The maximum Gasteiger partial charge on any atom is 0.251 e. The van der Waals surface area contributed by atoms with Crippen LogP contribution in [-0.4, -0.2) is 53.2 Å². The molecule has 1 unspecified atom stereocenters. The predicted molar refractivity (Wildman–Crippen MR) is 140 cm³/mol. The van der Waals surface area contributed by atoms with Gasteiger partial charge in [0.05, 0.1) is 17.3 Å². The Morgan fingerprint density at radius 2 is 1.94 bits per heavy atom. The number of fused-ring (bicyclic) bond motifs is 1. The zero-order valence-electron chi connectivity index (χ0n) is 23.0. The second kappa shape index (κ2) is 9.92. The van der Waals surface area contributed by atoms with E-state index in [2.05, 4.69) is 15.5 Å². The van der Waals surface area contributed by atoms with Crippen LogP contribution in [0.1, 0.15) is 46.2 Å². The number of H-pyrrole nitrogens is 1. The first-order valence-electron chi connectivity index (χ1n) is 13.5. The van der Waals surface area contributed by atoms with Crippen molar-refractivity contribution in [3.63, 3.8) is 0 Å². The minimum Gasteiger partial charge on any atom is -0.491 e. The number of amides is 1. The lowest BCUT2D eigenvalue weighted by Gasteiger charge is -2.37. The van der Waals surface area contributed by atoms with Crippen molar-refractivity contribution in [1.29, 1.82) is 0 Å². The van der Waals surface area contributed by atoms with E-state index in [1.165, 1.54) is 4.90 Å². The van der Waals surface area contributed by atoms with Crippen LogP contribution in [0.15, 0.2) is 72.8 Å². The van der Waals surface area contributed by atoms with Gasteiger partial charge in [0.25, 0.3) is 5.91 Å². The summed E-state index contributed by atoms with van der Waals surface area (Å²) in [6, 6.07) is 22.8. The van der Waals surface area contributed by atoms with Gasteiger partial charge in [0.1, 0.15) is 5.75 Å². The molecule has 1 fully saturated rings. The molecule has 1 saturated heterocycles. The number of likely N-dealkylation sites (tertiary alicyclic amines) is 1. The molecule has 3 aromatic carbocycles. The fourth-order valence-electron chi connectivity index (χ4n) is 4.79. The molecule has 6 heteroatoms. The largest absolute Gasteiger partial charge is 0.491 e. The van der Waals surface area contributed by atoms with Gasteiger partial charge in [-0.1, -0.05) is 30.3 Å². The van der Waals surface area contributed by atoms with E-state index in [9.17, 15) is 4.79 Å². The minimum atomic E-state index is -2.20. The van der Waals surface area contributed by atoms with Crippen molar-refractivity contribution in [2.75, 3.05) is 20.1 Å². The van der Waals surface area contributed by atoms with E-state index >= 15 is 0 Å². The molecule has 6 nitrogen and oxygen atoms in total. The van der Waals surface area contributed by atoms with Crippen LogP contribution in [0.25, 0.3) is 22.2 Å². The van der Waals surface area contributed by atoms with Crippen molar-refractivity contribution in [3.8, 4) is 17.0 Å². The van der Waals surface area contributed by atoms with Crippen LogP contribution in [0.2, 0.25) is 0 Å². The number of hydrogen-bond donors (Lipinski definition) is 2. The van der Waals surface area contributed by atoms with Gasteiger partial charge in [0, 0.05) is 39.1 Å². The van der Waals surface area contributed by atoms with Gasteiger partial charge < -0.3 is 15.0 Å². The van der Waals surface area contributed by atoms with E-state index in [0.29, 0.717) is 18.5 Å². The maximum absolute atomic E-state index is 13.5. The molecule has 2 heterocycles. The summed E-state index contributed by atoms with van der Waals surface area (Å²) in [5, 5.41) is 11.5. The lowest BCUT2D eigenvalue weighted by Crippen LogP contribution is -2.50. The summed E-state index contributed by atoms with van der Waals surface area (Å²) in [4.78, 5) is 15.0. The van der Waals surface area contributed by atoms with Gasteiger partial charge in [-0.2, -0.15) is 5.10 Å². The van der Waals surface area contributed by atoms with Crippen LogP contribution in [0.4, 0.5) is 0 Å². The summed E-state index contributed by atoms with van der Waals surface area (Å²) >= 11 is 0. The van der Waals surface area contributed by atoms with Crippen molar-refractivity contribution >= 4 is 16.8 Å². The van der Waals surface area contributed by atoms with Crippen LogP contribution in [0, 0.1) is 0 Å².